The fourth-order valence-electron chi connectivity index (χ4n) is 4.48. The van der Waals surface area contributed by atoms with Crippen LogP contribution in [-0.2, 0) is 28.3 Å². The quantitative estimate of drug-likeness (QED) is 0.537. The number of sulfone groups is 1. The number of carbonyl (C=O) groups excluding carboxylic acids is 1. The molecule has 2 heterocycles. The first-order chi connectivity index (χ1) is 16.2. The van der Waals surface area contributed by atoms with Crippen molar-refractivity contribution in [2.75, 3.05) is 25.9 Å². The van der Waals surface area contributed by atoms with Crippen molar-refractivity contribution in [1.29, 1.82) is 0 Å². The van der Waals surface area contributed by atoms with Gasteiger partial charge in [-0.2, -0.15) is 0 Å². The van der Waals surface area contributed by atoms with Gasteiger partial charge in [-0.3, -0.25) is 9.79 Å². The highest BCUT2D eigenvalue weighted by Gasteiger charge is 2.28. The summed E-state index contributed by atoms with van der Waals surface area (Å²) in [5, 5.41) is 12.1. The molecule has 0 radical (unpaired) electrons. The summed E-state index contributed by atoms with van der Waals surface area (Å²) in [7, 11) is 0.0531. The Hall–Kier alpha value is -2.20. The van der Waals surface area contributed by atoms with E-state index in [1.807, 2.05) is 11.6 Å². The third-order valence-electron chi connectivity index (χ3n) is 6.45. The van der Waals surface area contributed by atoms with Crippen molar-refractivity contribution in [2.45, 2.75) is 36.7 Å². The summed E-state index contributed by atoms with van der Waals surface area (Å²) in [6, 6.07) is 10.2. The van der Waals surface area contributed by atoms with Crippen molar-refractivity contribution in [3.8, 4) is 0 Å². The van der Waals surface area contributed by atoms with Crippen LogP contribution in [0.15, 0.2) is 46.3 Å². The third kappa shape index (κ3) is 5.07. The van der Waals surface area contributed by atoms with E-state index in [-0.39, 0.29) is 35.5 Å². The summed E-state index contributed by atoms with van der Waals surface area (Å²) in [4.78, 5) is 21.0. The van der Waals surface area contributed by atoms with E-state index < -0.39 is 9.84 Å². The van der Waals surface area contributed by atoms with Crippen LogP contribution in [0.25, 0.3) is 10.8 Å². The highest BCUT2D eigenvalue weighted by atomic mass is 35.5. The van der Waals surface area contributed by atoms with Gasteiger partial charge in [0.1, 0.15) is 0 Å². The van der Waals surface area contributed by atoms with Crippen LogP contribution in [0.3, 0.4) is 0 Å². The van der Waals surface area contributed by atoms with Crippen LogP contribution < -0.4 is 4.80 Å². The largest absolute Gasteiger partial charge is 0.390 e. The zero-order chi connectivity index (χ0) is 24.5. The minimum absolute atomic E-state index is 0.0413. The molecule has 1 aliphatic rings. The molecular formula is C24H28ClN3O4S2. The Kier molecular flexibility index (Phi) is 7.47. The Morgan fingerprint density at radius 3 is 2.53 bits per heavy atom. The van der Waals surface area contributed by atoms with Crippen molar-refractivity contribution in [3.63, 3.8) is 0 Å². The Morgan fingerprint density at radius 1 is 1.18 bits per heavy atom. The molecule has 1 aliphatic heterocycles. The van der Waals surface area contributed by atoms with E-state index in [2.05, 4.69) is 4.99 Å². The first-order valence-corrected chi connectivity index (χ1v) is 14.0. The molecule has 0 saturated carbocycles. The van der Waals surface area contributed by atoms with Crippen molar-refractivity contribution in [1.82, 2.24) is 9.47 Å². The molecule has 34 heavy (non-hydrogen) atoms. The summed E-state index contributed by atoms with van der Waals surface area (Å²) >= 11 is 7.59. The minimum atomic E-state index is -3.58. The van der Waals surface area contributed by atoms with Gasteiger partial charge in [0.2, 0.25) is 5.91 Å². The molecule has 0 aliphatic carbocycles. The topological polar surface area (TPSA) is 92.0 Å². The molecule has 1 saturated heterocycles. The lowest BCUT2D eigenvalue weighted by Gasteiger charge is -2.32. The monoisotopic (exact) mass is 521 g/mol. The summed E-state index contributed by atoms with van der Waals surface area (Å²) in [6.07, 6.45) is 1.52. The van der Waals surface area contributed by atoms with Gasteiger partial charge >= 0.3 is 0 Å². The van der Waals surface area contributed by atoms with Crippen LogP contribution in [0, 0.1) is 0 Å². The van der Waals surface area contributed by atoms with E-state index in [0.717, 1.165) is 39.0 Å². The highest BCUT2D eigenvalue weighted by molar-refractivity contribution is 7.91. The van der Waals surface area contributed by atoms with Gasteiger partial charge in [-0.05, 0) is 53.8 Å². The van der Waals surface area contributed by atoms with Crippen LogP contribution in [0.4, 0.5) is 0 Å². The molecule has 3 aromatic rings. The van der Waals surface area contributed by atoms with Gasteiger partial charge < -0.3 is 14.6 Å². The number of aliphatic hydroxyl groups excluding tert-OH is 1. The Morgan fingerprint density at radius 2 is 1.85 bits per heavy atom. The molecule has 1 amide bonds. The van der Waals surface area contributed by atoms with Crippen molar-refractivity contribution in [2.24, 2.45) is 12.0 Å². The average Bonchev–Trinajstić information content (AvgIpc) is 3.17. The standard InChI is InChI=1S/C24H28ClN3O4S2/c1-26-24-27(2)21(15-29)23(33-24)16-7-10-28(11-8-16)22(30)9-12-34(31,32)20-6-4-17-13-19(25)5-3-18(17)14-20/h3-6,13-14,16,29H,7-12,15H2,1-2H3. The Bertz CT molecular complexity index is 1390. The summed E-state index contributed by atoms with van der Waals surface area (Å²) in [6.45, 7) is 1.10. The predicted molar refractivity (Wildman–Crippen MR) is 135 cm³/mol. The lowest BCUT2D eigenvalue weighted by Crippen LogP contribution is -2.38. The molecule has 0 atom stereocenters. The Balaban J connectivity index is 1.38. The molecule has 1 fully saturated rings. The number of halogens is 1. The number of aromatic nitrogens is 1. The van der Waals surface area contributed by atoms with Crippen molar-refractivity contribution in [3.05, 3.63) is 56.8 Å². The number of aliphatic hydroxyl groups is 1. The van der Waals surface area contributed by atoms with Crippen LogP contribution in [0.5, 0.6) is 0 Å². The number of rotatable bonds is 6. The lowest BCUT2D eigenvalue weighted by atomic mass is 9.94. The SMILES string of the molecule is CN=c1sc(C2CCN(C(=O)CCS(=O)(=O)c3ccc4cc(Cl)ccc4c3)CC2)c(CO)n1C. The molecule has 182 valence electrons. The summed E-state index contributed by atoms with van der Waals surface area (Å²) < 4.78 is 27.7. The van der Waals surface area contributed by atoms with Crippen LogP contribution in [0.1, 0.15) is 35.8 Å². The number of carbonyl (C=O) groups is 1. The minimum Gasteiger partial charge on any atom is -0.390 e. The van der Waals surface area contributed by atoms with Gasteiger partial charge in [0, 0.05) is 43.5 Å². The number of hydrogen-bond acceptors (Lipinski definition) is 6. The van der Waals surface area contributed by atoms with Gasteiger partial charge in [-0.1, -0.05) is 23.7 Å². The number of fused-ring (bicyclic) bond motifs is 1. The van der Waals surface area contributed by atoms with Crippen LogP contribution >= 0.6 is 22.9 Å². The molecule has 4 rings (SSSR count). The van der Waals surface area contributed by atoms with E-state index in [0.29, 0.717) is 18.1 Å². The van der Waals surface area contributed by atoms with Gasteiger partial charge in [0.15, 0.2) is 14.6 Å². The molecular weight excluding hydrogens is 494 g/mol. The maximum atomic E-state index is 12.9. The average molecular weight is 522 g/mol. The molecule has 0 unspecified atom stereocenters. The van der Waals surface area contributed by atoms with Gasteiger partial charge in [-0.15, -0.1) is 11.3 Å². The second kappa shape index (κ2) is 10.2. The number of thiazole rings is 1. The van der Waals surface area contributed by atoms with Crippen molar-refractivity contribution >= 4 is 49.5 Å². The maximum Gasteiger partial charge on any atom is 0.223 e. The molecule has 1 aromatic heterocycles. The zero-order valence-corrected chi connectivity index (χ0v) is 21.6. The van der Waals surface area contributed by atoms with Crippen LogP contribution in [0.2, 0.25) is 5.02 Å². The number of benzene rings is 2. The van der Waals surface area contributed by atoms with E-state index in [1.165, 1.54) is 0 Å². The molecule has 2 aromatic carbocycles. The predicted octanol–water partition coefficient (Wildman–Crippen LogP) is 3.49. The normalized spacial score (nSPS) is 15.9. The van der Waals surface area contributed by atoms with Crippen LogP contribution in [-0.4, -0.2) is 54.8 Å². The summed E-state index contributed by atoms with van der Waals surface area (Å²) in [5.41, 5.74) is 0.874. The fourth-order valence-corrected chi connectivity index (χ4v) is 7.18. The molecule has 0 spiro atoms. The van der Waals surface area contributed by atoms with E-state index in [1.54, 1.807) is 59.7 Å². The maximum absolute atomic E-state index is 12.9. The van der Waals surface area contributed by atoms with Gasteiger partial charge in [0.05, 0.1) is 22.9 Å². The van der Waals surface area contributed by atoms with E-state index in [4.69, 9.17) is 11.6 Å². The fraction of sp³-hybridized carbons (Fsp3) is 0.417. The summed E-state index contributed by atoms with van der Waals surface area (Å²) in [5.74, 6) is -0.104. The molecule has 7 nitrogen and oxygen atoms in total. The zero-order valence-electron chi connectivity index (χ0n) is 19.2. The van der Waals surface area contributed by atoms with Gasteiger partial charge in [-0.25, -0.2) is 8.42 Å². The first-order valence-electron chi connectivity index (χ1n) is 11.2. The second-order valence-electron chi connectivity index (χ2n) is 8.51. The second-order valence-corrected chi connectivity index (χ2v) is 12.1. The lowest BCUT2D eigenvalue weighted by molar-refractivity contribution is -0.131. The number of likely N-dealkylation sites (tertiary alicyclic amines) is 1. The van der Waals surface area contributed by atoms with Gasteiger partial charge in [0.25, 0.3) is 0 Å². The number of hydrogen-bond donors (Lipinski definition) is 1. The molecule has 1 N–H and O–H groups in total. The van der Waals surface area contributed by atoms with E-state index >= 15 is 0 Å². The number of amides is 1. The Labute approximate surface area is 208 Å². The molecule has 0 bridgehead atoms. The molecule has 10 heteroatoms. The van der Waals surface area contributed by atoms with E-state index in [9.17, 15) is 18.3 Å². The highest BCUT2D eigenvalue weighted by Crippen LogP contribution is 2.33. The number of nitrogens with zero attached hydrogens (tertiary/aromatic N) is 3. The van der Waals surface area contributed by atoms with Crippen molar-refractivity contribution < 1.29 is 18.3 Å². The first kappa shape index (κ1) is 24.9. The smallest absolute Gasteiger partial charge is 0.223 e. The number of piperidine rings is 1. The third-order valence-corrected chi connectivity index (χ3v) is 9.83.